The quantitative estimate of drug-likeness (QED) is 0.834. The first kappa shape index (κ1) is 16.9. The molecule has 1 atom stereocenters. The largest absolute Gasteiger partial charge is 0.474 e. The Labute approximate surface area is 152 Å². The Balaban J connectivity index is 1.32. The number of nitrogens with two attached hydrogens (primary N) is 1. The highest BCUT2D eigenvalue weighted by atomic mass is 16.5. The van der Waals surface area contributed by atoms with Crippen molar-refractivity contribution in [3.05, 3.63) is 36.3 Å². The average molecular weight is 356 g/mol. The van der Waals surface area contributed by atoms with Gasteiger partial charge in [0.05, 0.1) is 0 Å². The molecule has 0 radical (unpaired) electrons. The minimum Gasteiger partial charge on any atom is -0.474 e. The van der Waals surface area contributed by atoms with Crippen LogP contribution < -0.4 is 15.8 Å². The second kappa shape index (κ2) is 6.00. The highest BCUT2D eigenvalue weighted by Gasteiger charge is 2.57. The molecule has 0 bridgehead atoms. The van der Waals surface area contributed by atoms with Crippen LogP contribution >= 0.6 is 0 Å². The first-order valence-corrected chi connectivity index (χ1v) is 9.12. The topological polar surface area (TPSA) is 97.6 Å². The maximum absolute atomic E-state index is 12.4. The van der Waals surface area contributed by atoms with Crippen LogP contribution in [-0.4, -0.2) is 39.9 Å². The summed E-state index contributed by atoms with van der Waals surface area (Å²) in [7, 11) is 0. The van der Waals surface area contributed by atoms with Crippen molar-refractivity contribution in [2.75, 3.05) is 0 Å². The van der Waals surface area contributed by atoms with Crippen LogP contribution in [0.4, 0.5) is 0 Å². The number of rotatable bonds is 5. The fourth-order valence-electron chi connectivity index (χ4n) is 4.59. The van der Waals surface area contributed by atoms with Crippen LogP contribution in [0, 0.1) is 5.41 Å². The third-order valence-corrected chi connectivity index (χ3v) is 5.91. The Hall–Kier alpha value is -2.57. The summed E-state index contributed by atoms with van der Waals surface area (Å²) in [4.78, 5) is 29.9. The van der Waals surface area contributed by atoms with Crippen molar-refractivity contribution in [3.8, 4) is 5.88 Å². The highest BCUT2D eigenvalue weighted by molar-refractivity contribution is 5.94. The van der Waals surface area contributed by atoms with E-state index >= 15 is 0 Å². The molecule has 3 fully saturated rings. The fourth-order valence-corrected chi connectivity index (χ4v) is 4.59. The molecule has 1 aromatic heterocycles. The van der Waals surface area contributed by atoms with E-state index in [9.17, 15) is 9.59 Å². The lowest BCUT2D eigenvalue weighted by atomic mass is 9.52. The maximum atomic E-state index is 12.4. The van der Waals surface area contributed by atoms with E-state index in [0.717, 1.165) is 37.9 Å². The minimum atomic E-state index is -0.533. The van der Waals surface area contributed by atoms with E-state index < -0.39 is 5.91 Å². The van der Waals surface area contributed by atoms with Gasteiger partial charge in [0.25, 0.3) is 11.8 Å². The fraction of sp³-hybridized carbons (Fsp3) is 0.526. The zero-order chi connectivity index (χ0) is 18.5. The number of nitrogens with zero attached hydrogens (tertiary/aromatic N) is 2. The van der Waals surface area contributed by atoms with Crippen LogP contribution in [0.1, 0.15) is 49.4 Å². The first-order chi connectivity index (χ1) is 12.4. The molecule has 26 heavy (non-hydrogen) atoms. The number of hydrogen-bond acceptors (Lipinski definition) is 5. The van der Waals surface area contributed by atoms with E-state index in [0.29, 0.717) is 11.4 Å². The summed E-state index contributed by atoms with van der Waals surface area (Å²) in [6.07, 6.45) is 6.19. The zero-order valence-electron chi connectivity index (χ0n) is 14.9. The van der Waals surface area contributed by atoms with Crippen LogP contribution in [0.15, 0.2) is 30.7 Å². The van der Waals surface area contributed by atoms with Gasteiger partial charge in [-0.25, -0.2) is 4.98 Å². The van der Waals surface area contributed by atoms with Gasteiger partial charge in [0, 0.05) is 12.2 Å². The lowest BCUT2D eigenvalue weighted by Crippen LogP contribution is -2.59. The van der Waals surface area contributed by atoms with Crippen molar-refractivity contribution in [3.63, 3.8) is 0 Å². The van der Waals surface area contributed by atoms with Crippen molar-refractivity contribution in [2.45, 2.75) is 57.2 Å². The molecule has 4 rings (SSSR count). The Kier molecular flexibility index (Phi) is 3.89. The molecule has 3 aliphatic rings. The smallest absolute Gasteiger partial charge is 0.254 e. The molecule has 1 saturated heterocycles. The van der Waals surface area contributed by atoms with Gasteiger partial charge < -0.3 is 15.8 Å². The van der Waals surface area contributed by atoms with Gasteiger partial charge in [0.1, 0.15) is 23.5 Å². The van der Waals surface area contributed by atoms with E-state index in [1.807, 2.05) is 11.8 Å². The summed E-state index contributed by atoms with van der Waals surface area (Å²) < 4.78 is 5.89. The van der Waals surface area contributed by atoms with Crippen molar-refractivity contribution in [1.82, 2.24) is 15.2 Å². The highest BCUT2D eigenvalue weighted by Crippen LogP contribution is 2.58. The molecule has 1 aromatic rings. The first-order valence-electron chi connectivity index (χ1n) is 9.12. The second-order valence-electron chi connectivity index (χ2n) is 7.69. The van der Waals surface area contributed by atoms with Gasteiger partial charge in [-0.3, -0.25) is 14.5 Å². The van der Waals surface area contributed by atoms with Gasteiger partial charge in [-0.15, -0.1) is 0 Å². The number of hydrogen-bond donors (Lipinski definition) is 2. The van der Waals surface area contributed by atoms with Crippen LogP contribution in [0.25, 0.3) is 0 Å². The Morgan fingerprint density at radius 1 is 1.46 bits per heavy atom. The third-order valence-electron chi connectivity index (χ3n) is 5.91. The van der Waals surface area contributed by atoms with Crippen LogP contribution in [-0.2, 0) is 4.79 Å². The van der Waals surface area contributed by atoms with Crippen LogP contribution in [0.3, 0.4) is 0 Å². The van der Waals surface area contributed by atoms with E-state index in [1.165, 1.54) is 0 Å². The summed E-state index contributed by atoms with van der Waals surface area (Å²) in [5.41, 5.74) is 5.92. The predicted molar refractivity (Wildman–Crippen MR) is 95.1 cm³/mol. The Bertz CT molecular complexity index is 764. The summed E-state index contributed by atoms with van der Waals surface area (Å²) >= 11 is 0. The summed E-state index contributed by atoms with van der Waals surface area (Å²) in [5, 5.41) is 3.18. The molecule has 2 amide bonds. The number of carbonyl (C=O) groups is 2. The molecule has 138 valence electrons. The standard InChI is InChI=1S/C19H24N4O3/c1-3-15-18(25)23(11(2)22-15)12-7-19(8-12)9-13(10-19)26-17-14(16(20)24)5-4-6-21-17/h4-6,12-13,15,22H,2-3,7-10H2,1H3,(H2,20,24)/t12?,13?,15-,19?/m0/s1. The number of pyridine rings is 1. The van der Waals surface area contributed by atoms with E-state index in [4.69, 9.17) is 10.5 Å². The molecular formula is C19H24N4O3. The average Bonchev–Trinajstić information content (AvgIpc) is 2.83. The number of ether oxygens (including phenoxy) is 1. The zero-order valence-corrected chi connectivity index (χ0v) is 14.9. The number of amides is 2. The molecule has 1 aliphatic heterocycles. The van der Waals surface area contributed by atoms with Gasteiger partial charge in [-0.05, 0) is 49.7 Å². The van der Waals surface area contributed by atoms with Gasteiger partial charge in [0.15, 0.2) is 0 Å². The van der Waals surface area contributed by atoms with Crippen molar-refractivity contribution in [1.29, 1.82) is 0 Å². The lowest BCUT2D eigenvalue weighted by molar-refractivity contribution is -0.142. The van der Waals surface area contributed by atoms with Crippen molar-refractivity contribution < 1.29 is 14.3 Å². The van der Waals surface area contributed by atoms with E-state index in [2.05, 4.69) is 16.9 Å². The molecule has 2 saturated carbocycles. The lowest BCUT2D eigenvalue weighted by Gasteiger charge is -2.58. The maximum Gasteiger partial charge on any atom is 0.254 e. The molecule has 7 heteroatoms. The summed E-state index contributed by atoms with van der Waals surface area (Å²) in [6, 6.07) is 3.40. The number of primary amides is 1. The van der Waals surface area contributed by atoms with Crippen molar-refractivity contribution >= 4 is 11.8 Å². The van der Waals surface area contributed by atoms with Crippen LogP contribution in [0.2, 0.25) is 0 Å². The summed E-state index contributed by atoms with van der Waals surface area (Å²) in [6.45, 7) is 5.99. The molecule has 0 aromatic carbocycles. The van der Waals surface area contributed by atoms with Crippen LogP contribution in [0.5, 0.6) is 5.88 Å². The minimum absolute atomic E-state index is 0.0444. The van der Waals surface area contributed by atoms with Gasteiger partial charge in [-0.2, -0.15) is 0 Å². The SMILES string of the molecule is C=C1N[C@@H](CC)C(=O)N1C1CC2(CC(Oc3ncccc3C(N)=O)C2)C1. The molecule has 3 N–H and O–H groups in total. The summed E-state index contributed by atoms with van der Waals surface area (Å²) in [5.74, 6) is 0.654. The molecule has 1 spiro atoms. The number of nitrogens with one attached hydrogen (secondary N) is 1. The Morgan fingerprint density at radius 3 is 2.81 bits per heavy atom. The molecular weight excluding hydrogens is 332 g/mol. The number of carbonyl (C=O) groups excluding carboxylic acids is 2. The van der Waals surface area contributed by atoms with Gasteiger partial charge in [-0.1, -0.05) is 13.5 Å². The molecule has 2 heterocycles. The van der Waals surface area contributed by atoms with E-state index in [-0.39, 0.29) is 29.5 Å². The van der Waals surface area contributed by atoms with Crippen molar-refractivity contribution in [2.24, 2.45) is 11.1 Å². The molecule has 0 unspecified atom stereocenters. The van der Waals surface area contributed by atoms with Gasteiger partial charge in [0.2, 0.25) is 5.88 Å². The predicted octanol–water partition coefficient (Wildman–Crippen LogP) is 1.55. The third kappa shape index (κ3) is 2.62. The normalized spacial score (nSPS) is 32.8. The number of aromatic nitrogens is 1. The Morgan fingerprint density at radius 2 is 2.19 bits per heavy atom. The molecule has 2 aliphatic carbocycles. The monoisotopic (exact) mass is 356 g/mol. The second-order valence-corrected chi connectivity index (χ2v) is 7.69. The van der Waals surface area contributed by atoms with Gasteiger partial charge >= 0.3 is 0 Å². The van der Waals surface area contributed by atoms with E-state index in [1.54, 1.807) is 18.3 Å². The molecule has 7 nitrogen and oxygen atoms in total.